The fourth-order valence-corrected chi connectivity index (χ4v) is 4.08. The van der Waals surface area contributed by atoms with Crippen molar-refractivity contribution < 1.29 is 27.8 Å². The van der Waals surface area contributed by atoms with E-state index in [4.69, 9.17) is 5.11 Å². The molecule has 6 nitrogen and oxygen atoms in total. The number of piperidine rings is 1. The molecule has 1 saturated heterocycles. The third kappa shape index (κ3) is 3.07. The minimum Gasteiger partial charge on any atom is -0.481 e. The van der Waals surface area contributed by atoms with Gasteiger partial charge in [0, 0.05) is 13.1 Å². The molecule has 116 valence electrons. The molecule has 0 radical (unpaired) electrons. The summed E-state index contributed by atoms with van der Waals surface area (Å²) in [5.74, 6) is -3.10. The maximum absolute atomic E-state index is 13.3. The predicted octanol–water partition coefficient (Wildman–Crippen LogP) is 0.590. The van der Waals surface area contributed by atoms with E-state index in [-0.39, 0.29) is 24.4 Å². The van der Waals surface area contributed by atoms with Crippen LogP contribution in [-0.4, -0.2) is 48.1 Å². The number of carboxylic acid groups (broad SMARTS) is 1. The zero-order valence-corrected chi connectivity index (χ0v) is 12.2. The lowest BCUT2D eigenvalue weighted by atomic mass is 9.96. The second kappa shape index (κ2) is 5.70. The predicted molar refractivity (Wildman–Crippen MR) is 71.6 cm³/mol. The van der Waals surface area contributed by atoms with Crippen molar-refractivity contribution >= 4 is 16.0 Å². The van der Waals surface area contributed by atoms with Gasteiger partial charge in [0.2, 0.25) is 10.0 Å². The number of carbonyl (C=O) groups is 1. The fourth-order valence-electron chi connectivity index (χ4n) is 2.36. The lowest BCUT2D eigenvalue weighted by Gasteiger charge is -2.33. The number of aliphatic hydroxyl groups excluding tert-OH is 1. The van der Waals surface area contributed by atoms with Gasteiger partial charge in [0.25, 0.3) is 0 Å². The standard InChI is InChI=1S/C13H16FNO5S/c1-8-2-3-9(14)6-12(8)21(19,20)15-5-4-11(16)10(7-15)13(17)18/h2-3,6,10-11,16H,4-5,7H2,1H3,(H,17,18)/t10-,11-/m0/s1. The van der Waals surface area contributed by atoms with Gasteiger partial charge in [-0.1, -0.05) is 6.07 Å². The molecule has 0 aromatic heterocycles. The Bertz CT molecular complexity index is 661. The number of hydrogen-bond donors (Lipinski definition) is 2. The molecule has 1 aliphatic rings. The Morgan fingerprint density at radius 2 is 2.10 bits per heavy atom. The van der Waals surface area contributed by atoms with Gasteiger partial charge in [-0.25, -0.2) is 12.8 Å². The second-order valence-corrected chi connectivity index (χ2v) is 6.98. The summed E-state index contributed by atoms with van der Waals surface area (Å²) in [4.78, 5) is 10.9. The van der Waals surface area contributed by atoms with Crippen LogP contribution in [0.1, 0.15) is 12.0 Å². The number of sulfonamides is 1. The van der Waals surface area contributed by atoms with Gasteiger partial charge in [0.15, 0.2) is 0 Å². The average Bonchev–Trinajstić information content (AvgIpc) is 2.41. The maximum Gasteiger partial charge on any atom is 0.310 e. The minimum absolute atomic E-state index is 0.00321. The van der Waals surface area contributed by atoms with Crippen LogP contribution in [0.15, 0.2) is 23.1 Å². The van der Waals surface area contributed by atoms with E-state index in [0.29, 0.717) is 5.56 Å². The molecule has 0 unspecified atom stereocenters. The topological polar surface area (TPSA) is 94.9 Å². The van der Waals surface area contributed by atoms with Crippen LogP contribution in [-0.2, 0) is 14.8 Å². The molecular weight excluding hydrogens is 301 g/mol. The molecule has 2 rings (SSSR count). The third-order valence-corrected chi connectivity index (χ3v) is 5.63. The molecule has 1 fully saturated rings. The normalized spacial score (nSPS) is 24.0. The van der Waals surface area contributed by atoms with E-state index >= 15 is 0 Å². The summed E-state index contributed by atoms with van der Waals surface area (Å²) >= 11 is 0. The molecule has 0 amide bonds. The SMILES string of the molecule is Cc1ccc(F)cc1S(=O)(=O)N1CC[C@H](O)[C@@H](C(=O)O)C1. The lowest BCUT2D eigenvalue weighted by Crippen LogP contribution is -2.48. The number of hydrogen-bond acceptors (Lipinski definition) is 4. The van der Waals surface area contributed by atoms with Crippen molar-refractivity contribution in [3.05, 3.63) is 29.6 Å². The Morgan fingerprint density at radius 1 is 1.43 bits per heavy atom. The quantitative estimate of drug-likeness (QED) is 0.851. The van der Waals surface area contributed by atoms with Gasteiger partial charge in [-0.15, -0.1) is 0 Å². The highest BCUT2D eigenvalue weighted by Crippen LogP contribution is 2.26. The lowest BCUT2D eigenvalue weighted by molar-refractivity contribution is -0.147. The molecule has 1 aromatic carbocycles. The van der Waals surface area contributed by atoms with Crippen molar-refractivity contribution in [3.63, 3.8) is 0 Å². The highest BCUT2D eigenvalue weighted by Gasteiger charge is 2.38. The molecule has 8 heteroatoms. The number of aliphatic hydroxyl groups is 1. The zero-order valence-electron chi connectivity index (χ0n) is 11.4. The highest BCUT2D eigenvalue weighted by atomic mass is 32.2. The molecule has 0 bridgehead atoms. The number of carboxylic acids is 1. The van der Waals surface area contributed by atoms with Crippen LogP contribution < -0.4 is 0 Å². The van der Waals surface area contributed by atoms with Crippen LogP contribution in [0.3, 0.4) is 0 Å². The first-order valence-corrected chi connectivity index (χ1v) is 7.84. The molecule has 0 aliphatic carbocycles. The van der Waals surface area contributed by atoms with Crippen LogP contribution in [0.4, 0.5) is 4.39 Å². The zero-order chi connectivity index (χ0) is 15.8. The molecule has 2 N–H and O–H groups in total. The number of aliphatic carboxylic acids is 1. The smallest absolute Gasteiger partial charge is 0.310 e. The molecule has 1 aromatic rings. The monoisotopic (exact) mass is 317 g/mol. The van der Waals surface area contributed by atoms with Gasteiger partial charge in [-0.2, -0.15) is 4.31 Å². The highest BCUT2D eigenvalue weighted by molar-refractivity contribution is 7.89. The van der Waals surface area contributed by atoms with E-state index in [2.05, 4.69) is 0 Å². The van der Waals surface area contributed by atoms with Crippen molar-refractivity contribution in [3.8, 4) is 0 Å². The summed E-state index contributed by atoms with van der Waals surface area (Å²) in [7, 11) is -3.99. The Kier molecular flexibility index (Phi) is 4.31. The van der Waals surface area contributed by atoms with E-state index in [9.17, 15) is 22.7 Å². The number of halogens is 1. The van der Waals surface area contributed by atoms with E-state index < -0.39 is 33.8 Å². The van der Waals surface area contributed by atoms with Crippen molar-refractivity contribution in [1.29, 1.82) is 0 Å². The van der Waals surface area contributed by atoms with Crippen LogP contribution in [0.25, 0.3) is 0 Å². The number of nitrogens with zero attached hydrogens (tertiary/aromatic N) is 1. The molecule has 2 atom stereocenters. The van der Waals surface area contributed by atoms with Crippen molar-refractivity contribution in [2.75, 3.05) is 13.1 Å². The first-order chi connectivity index (χ1) is 9.73. The van der Waals surface area contributed by atoms with Crippen LogP contribution in [0.5, 0.6) is 0 Å². The summed E-state index contributed by atoms with van der Waals surface area (Å²) in [6.45, 7) is 1.22. The molecular formula is C13H16FNO5S. The van der Waals surface area contributed by atoms with E-state index in [1.807, 2.05) is 0 Å². The van der Waals surface area contributed by atoms with Crippen LogP contribution in [0, 0.1) is 18.7 Å². The number of benzene rings is 1. The van der Waals surface area contributed by atoms with Crippen molar-refractivity contribution in [2.24, 2.45) is 5.92 Å². The summed E-state index contributed by atoms with van der Waals surface area (Å²) in [5.41, 5.74) is 0.384. The van der Waals surface area contributed by atoms with E-state index in [1.54, 1.807) is 6.92 Å². The summed E-state index contributed by atoms with van der Waals surface area (Å²) in [6.07, 6.45) is -1.05. The van der Waals surface area contributed by atoms with Gasteiger partial charge in [-0.05, 0) is 31.0 Å². The largest absolute Gasteiger partial charge is 0.481 e. The Hall–Kier alpha value is -1.51. The van der Waals surface area contributed by atoms with Gasteiger partial charge in [0.05, 0.1) is 16.9 Å². The molecule has 1 heterocycles. The first-order valence-electron chi connectivity index (χ1n) is 6.40. The number of rotatable bonds is 3. The summed E-state index contributed by atoms with van der Waals surface area (Å²) in [5, 5.41) is 18.6. The summed E-state index contributed by atoms with van der Waals surface area (Å²) < 4.78 is 39.3. The van der Waals surface area contributed by atoms with E-state index in [0.717, 1.165) is 16.4 Å². The third-order valence-electron chi connectivity index (χ3n) is 3.62. The van der Waals surface area contributed by atoms with Gasteiger partial charge < -0.3 is 10.2 Å². The van der Waals surface area contributed by atoms with Crippen molar-refractivity contribution in [2.45, 2.75) is 24.3 Å². The van der Waals surface area contributed by atoms with Crippen LogP contribution in [0.2, 0.25) is 0 Å². The fraction of sp³-hybridized carbons (Fsp3) is 0.462. The Morgan fingerprint density at radius 3 is 2.71 bits per heavy atom. The average molecular weight is 317 g/mol. The Balaban J connectivity index is 2.36. The maximum atomic E-state index is 13.3. The summed E-state index contributed by atoms with van der Waals surface area (Å²) in [6, 6.07) is 3.44. The van der Waals surface area contributed by atoms with Crippen molar-refractivity contribution in [1.82, 2.24) is 4.31 Å². The first kappa shape index (κ1) is 15.9. The van der Waals surface area contributed by atoms with Gasteiger partial charge in [-0.3, -0.25) is 4.79 Å². The van der Waals surface area contributed by atoms with Gasteiger partial charge >= 0.3 is 5.97 Å². The molecule has 1 aliphatic heterocycles. The van der Waals surface area contributed by atoms with E-state index in [1.165, 1.54) is 6.07 Å². The molecule has 21 heavy (non-hydrogen) atoms. The molecule has 0 spiro atoms. The number of aryl methyl sites for hydroxylation is 1. The van der Waals surface area contributed by atoms with Crippen LogP contribution >= 0.6 is 0 Å². The second-order valence-electron chi connectivity index (χ2n) is 5.07. The van der Waals surface area contributed by atoms with Gasteiger partial charge in [0.1, 0.15) is 5.82 Å². The Labute approximate surface area is 121 Å². The minimum atomic E-state index is -3.99. The molecule has 0 saturated carbocycles.